The third kappa shape index (κ3) is 3.63. The molecule has 1 aromatic heterocycles. The van der Waals surface area contributed by atoms with E-state index >= 15 is 0 Å². The van der Waals surface area contributed by atoms with Gasteiger partial charge in [-0.25, -0.2) is 4.79 Å². The van der Waals surface area contributed by atoms with Crippen LogP contribution in [0, 0.1) is 0 Å². The summed E-state index contributed by atoms with van der Waals surface area (Å²) in [5.41, 5.74) is 2.64. The summed E-state index contributed by atoms with van der Waals surface area (Å²) in [5, 5.41) is 7.64. The van der Waals surface area contributed by atoms with Crippen LogP contribution in [-0.4, -0.2) is 16.2 Å². The first-order valence-corrected chi connectivity index (χ1v) is 7.40. The molecule has 0 saturated carbocycles. The van der Waals surface area contributed by atoms with E-state index in [0.29, 0.717) is 23.8 Å². The van der Waals surface area contributed by atoms with Crippen LogP contribution in [0.5, 0.6) is 0 Å². The molecule has 3 aromatic rings. The molecular formula is C18H16N2O3. The fourth-order valence-corrected chi connectivity index (χ4v) is 2.13. The Labute approximate surface area is 133 Å². The molecule has 3 rings (SSSR count). The van der Waals surface area contributed by atoms with Gasteiger partial charge in [0.05, 0.1) is 5.56 Å². The van der Waals surface area contributed by atoms with E-state index in [1.165, 1.54) is 0 Å². The Bertz CT molecular complexity index is 780. The second-order valence-electron chi connectivity index (χ2n) is 4.96. The van der Waals surface area contributed by atoms with Crippen LogP contribution in [0.1, 0.15) is 29.1 Å². The number of rotatable bonds is 5. The number of aromatic nitrogens is 2. The van der Waals surface area contributed by atoms with E-state index in [1.54, 1.807) is 12.1 Å². The molecule has 0 radical (unpaired) electrons. The zero-order chi connectivity index (χ0) is 16.1. The molecule has 0 aliphatic carbocycles. The summed E-state index contributed by atoms with van der Waals surface area (Å²) in [7, 11) is 0. The molecule has 0 aliphatic heterocycles. The summed E-state index contributed by atoms with van der Waals surface area (Å²) >= 11 is 0. The van der Waals surface area contributed by atoms with Gasteiger partial charge in [-0.3, -0.25) is 0 Å². The van der Waals surface area contributed by atoms with E-state index in [1.807, 2.05) is 49.4 Å². The van der Waals surface area contributed by atoms with Crippen LogP contribution in [0.3, 0.4) is 0 Å². The van der Waals surface area contributed by atoms with Crippen LogP contribution < -0.4 is 0 Å². The maximum Gasteiger partial charge on any atom is 0.338 e. The summed E-state index contributed by atoms with van der Waals surface area (Å²) in [5.74, 6) is 0.417. The van der Waals surface area contributed by atoms with Crippen LogP contribution in [0.25, 0.3) is 11.1 Å². The SMILES string of the molecule is CCc1nnc(COC(=O)c2ccc(-c3ccccc3)cc2)o1. The number of carbonyl (C=O) groups is 1. The van der Waals surface area contributed by atoms with Crippen LogP contribution >= 0.6 is 0 Å². The fraction of sp³-hybridized carbons (Fsp3) is 0.167. The molecule has 0 bridgehead atoms. The number of aryl methyl sites for hydroxylation is 1. The fourth-order valence-electron chi connectivity index (χ4n) is 2.13. The number of esters is 1. The van der Waals surface area contributed by atoms with Gasteiger partial charge in [-0.2, -0.15) is 0 Å². The zero-order valence-electron chi connectivity index (χ0n) is 12.7. The van der Waals surface area contributed by atoms with E-state index in [2.05, 4.69) is 10.2 Å². The third-order valence-electron chi connectivity index (χ3n) is 3.37. The summed E-state index contributed by atoms with van der Waals surface area (Å²) < 4.78 is 10.5. The normalized spacial score (nSPS) is 10.5. The first-order valence-electron chi connectivity index (χ1n) is 7.40. The zero-order valence-corrected chi connectivity index (χ0v) is 12.7. The highest BCUT2D eigenvalue weighted by atomic mass is 16.5. The van der Waals surface area contributed by atoms with Gasteiger partial charge in [0, 0.05) is 6.42 Å². The number of nitrogens with zero attached hydrogens (tertiary/aromatic N) is 2. The van der Waals surface area contributed by atoms with Gasteiger partial charge in [0.2, 0.25) is 5.89 Å². The molecule has 0 atom stereocenters. The highest BCUT2D eigenvalue weighted by Crippen LogP contribution is 2.19. The van der Waals surface area contributed by atoms with Gasteiger partial charge in [0.1, 0.15) is 0 Å². The topological polar surface area (TPSA) is 65.2 Å². The number of ether oxygens (including phenoxy) is 1. The molecule has 116 valence electrons. The Hall–Kier alpha value is -2.95. The molecule has 0 fully saturated rings. The summed E-state index contributed by atoms with van der Waals surface area (Å²) in [6.07, 6.45) is 0.655. The molecular weight excluding hydrogens is 292 g/mol. The molecule has 0 amide bonds. The van der Waals surface area contributed by atoms with Crippen molar-refractivity contribution in [2.45, 2.75) is 20.0 Å². The number of benzene rings is 2. The van der Waals surface area contributed by atoms with Crippen molar-refractivity contribution in [3.8, 4) is 11.1 Å². The molecule has 0 spiro atoms. The Morgan fingerprint density at radius 1 is 0.957 bits per heavy atom. The average molecular weight is 308 g/mol. The van der Waals surface area contributed by atoms with Gasteiger partial charge in [0.25, 0.3) is 5.89 Å². The molecule has 0 N–H and O–H groups in total. The Balaban J connectivity index is 1.63. The van der Waals surface area contributed by atoms with Crippen LogP contribution in [0.4, 0.5) is 0 Å². The molecule has 1 heterocycles. The minimum absolute atomic E-state index is 0.0216. The van der Waals surface area contributed by atoms with Gasteiger partial charge >= 0.3 is 5.97 Å². The van der Waals surface area contributed by atoms with Crippen molar-refractivity contribution in [1.29, 1.82) is 0 Å². The van der Waals surface area contributed by atoms with Crippen molar-refractivity contribution in [2.24, 2.45) is 0 Å². The average Bonchev–Trinajstić information content (AvgIpc) is 3.09. The summed E-state index contributed by atoms with van der Waals surface area (Å²) in [6, 6.07) is 17.3. The predicted octanol–water partition coefficient (Wildman–Crippen LogP) is 3.66. The Morgan fingerprint density at radius 2 is 1.61 bits per heavy atom. The van der Waals surface area contributed by atoms with E-state index in [9.17, 15) is 4.79 Å². The Kier molecular flexibility index (Phi) is 4.47. The standard InChI is InChI=1S/C18H16N2O3/c1-2-16-19-20-17(23-16)12-22-18(21)15-10-8-14(9-11-15)13-6-4-3-5-7-13/h3-11H,2,12H2,1H3. The van der Waals surface area contributed by atoms with Gasteiger partial charge in [-0.15, -0.1) is 10.2 Å². The molecule has 0 aliphatic rings. The minimum Gasteiger partial charge on any atom is -0.452 e. The van der Waals surface area contributed by atoms with Crippen LogP contribution in [0.2, 0.25) is 0 Å². The number of hydrogen-bond acceptors (Lipinski definition) is 5. The smallest absolute Gasteiger partial charge is 0.338 e. The lowest BCUT2D eigenvalue weighted by atomic mass is 10.0. The Morgan fingerprint density at radius 3 is 2.26 bits per heavy atom. The van der Waals surface area contributed by atoms with Crippen molar-refractivity contribution >= 4 is 5.97 Å². The van der Waals surface area contributed by atoms with Gasteiger partial charge < -0.3 is 9.15 Å². The molecule has 5 heteroatoms. The molecule has 2 aromatic carbocycles. The van der Waals surface area contributed by atoms with Gasteiger partial charge in [0.15, 0.2) is 6.61 Å². The first kappa shape index (κ1) is 15.0. The molecule has 5 nitrogen and oxygen atoms in total. The van der Waals surface area contributed by atoms with Crippen molar-refractivity contribution in [2.75, 3.05) is 0 Å². The third-order valence-corrected chi connectivity index (χ3v) is 3.37. The van der Waals surface area contributed by atoms with E-state index in [0.717, 1.165) is 11.1 Å². The quantitative estimate of drug-likeness (QED) is 0.673. The van der Waals surface area contributed by atoms with E-state index in [-0.39, 0.29) is 6.61 Å². The van der Waals surface area contributed by atoms with Crippen molar-refractivity contribution in [1.82, 2.24) is 10.2 Å². The predicted molar refractivity (Wildman–Crippen MR) is 84.7 cm³/mol. The number of carbonyl (C=O) groups excluding carboxylic acids is 1. The number of hydrogen-bond donors (Lipinski definition) is 0. The van der Waals surface area contributed by atoms with Crippen molar-refractivity contribution < 1.29 is 13.9 Å². The second kappa shape index (κ2) is 6.87. The lowest BCUT2D eigenvalue weighted by molar-refractivity contribution is 0.0436. The van der Waals surface area contributed by atoms with Crippen molar-refractivity contribution in [3.63, 3.8) is 0 Å². The summed E-state index contributed by atoms with van der Waals surface area (Å²) in [4.78, 5) is 12.0. The highest BCUT2D eigenvalue weighted by Gasteiger charge is 2.11. The molecule has 0 saturated heterocycles. The van der Waals surface area contributed by atoms with E-state index < -0.39 is 5.97 Å². The van der Waals surface area contributed by atoms with Crippen molar-refractivity contribution in [3.05, 3.63) is 71.9 Å². The van der Waals surface area contributed by atoms with Crippen LogP contribution in [0.15, 0.2) is 59.0 Å². The van der Waals surface area contributed by atoms with Gasteiger partial charge in [-0.05, 0) is 23.3 Å². The maximum absolute atomic E-state index is 12.0. The molecule has 0 unspecified atom stereocenters. The van der Waals surface area contributed by atoms with Gasteiger partial charge in [-0.1, -0.05) is 49.4 Å². The first-order chi connectivity index (χ1) is 11.3. The molecule has 23 heavy (non-hydrogen) atoms. The van der Waals surface area contributed by atoms with Crippen LogP contribution in [-0.2, 0) is 17.8 Å². The highest BCUT2D eigenvalue weighted by molar-refractivity contribution is 5.90. The second-order valence-corrected chi connectivity index (χ2v) is 4.96. The lowest BCUT2D eigenvalue weighted by Gasteiger charge is -2.04. The van der Waals surface area contributed by atoms with E-state index in [4.69, 9.17) is 9.15 Å². The summed E-state index contributed by atoms with van der Waals surface area (Å²) in [6.45, 7) is 1.89. The largest absolute Gasteiger partial charge is 0.452 e. The minimum atomic E-state index is -0.416. The lowest BCUT2D eigenvalue weighted by Crippen LogP contribution is -2.05. The monoisotopic (exact) mass is 308 g/mol. The maximum atomic E-state index is 12.0.